The van der Waals surface area contributed by atoms with Gasteiger partial charge in [-0.3, -0.25) is 4.98 Å². The van der Waals surface area contributed by atoms with Crippen molar-refractivity contribution in [3.05, 3.63) is 176 Å². The number of para-hydroxylation sites is 3. The van der Waals surface area contributed by atoms with Crippen molar-refractivity contribution in [2.24, 2.45) is 0 Å². The minimum atomic E-state index is 0.799. The molecule has 3 heterocycles. The minimum Gasteiger partial charge on any atom is -0.454 e. The second kappa shape index (κ2) is 11.0. The van der Waals surface area contributed by atoms with Gasteiger partial charge in [0, 0.05) is 50.7 Å². The van der Waals surface area contributed by atoms with E-state index in [1.54, 1.807) is 0 Å². The van der Waals surface area contributed by atoms with Gasteiger partial charge < -0.3 is 13.9 Å². The number of rotatable bonds is 5. The van der Waals surface area contributed by atoms with Crippen molar-refractivity contribution in [1.82, 2.24) is 9.55 Å². The molecule has 0 radical (unpaired) electrons. The van der Waals surface area contributed by atoms with E-state index in [1.807, 2.05) is 18.3 Å². The van der Waals surface area contributed by atoms with Gasteiger partial charge in [0.05, 0.1) is 11.0 Å². The molecule has 0 saturated carbocycles. The number of pyridine rings is 1. The number of anilines is 3. The normalized spacial score (nSPS) is 11.7. The summed E-state index contributed by atoms with van der Waals surface area (Å²) in [5, 5.41) is 6.01. The van der Waals surface area contributed by atoms with Crippen LogP contribution in [0.5, 0.6) is 0 Å². The van der Waals surface area contributed by atoms with E-state index in [1.165, 1.54) is 32.6 Å². The highest BCUT2D eigenvalue weighted by Gasteiger charge is 2.18. The molecule has 0 aliphatic heterocycles. The van der Waals surface area contributed by atoms with Gasteiger partial charge in [0.2, 0.25) is 0 Å². The second-order valence-electron chi connectivity index (χ2n) is 12.4. The number of hydrogen-bond acceptors (Lipinski definition) is 3. The summed E-state index contributed by atoms with van der Waals surface area (Å²) in [6.07, 6.45) is 1.81. The van der Waals surface area contributed by atoms with Crippen molar-refractivity contribution in [2.45, 2.75) is 0 Å². The fraction of sp³-hybridized carbons (Fsp3) is 0. The van der Waals surface area contributed by atoms with Crippen molar-refractivity contribution in [3.63, 3.8) is 0 Å². The summed E-state index contributed by atoms with van der Waals surface area (Å²) in [5.74, 6) is 0. The summed E-state index contributed by atoms with van der Waals surface area (Å²) in [5.41, 5.74) is 11.4. The molecule has 0 atom stereocenters. The van der Waals surface area contributed by atoms with E-state index in [9.17, 15) is 0 Å². The average molecular weight is 628 g/mol. The molecule has 10 aromatic rings. The number of benzene rings is 7. The quantitative estimate of drug-likeness (QED) is 0.190. The molecule has 0 fully saturated rings. The van der Waals surface area contributed by atoms with Crippen LogP contribution in [0.25, 0.3) is 71.5 Å². The Morgan fingerprint density at radius 1 is 0.490 bits per heavy atom. The molecule has 4 heteroatoms. The zero-order chi connectivity index (χ0) is 32.3. The standard InChI is InChI=1S/C45H29N3O/c1-2-13-33(14-3-1)47(34-24-22-30(23-25-34)37-18-9-19-39-44-43(49-45(37)39)21-10-26-46-44)35-15-8-16-36(29-35)48-41-20-7-6-17-38(41)40-27-31-11-4-5-12-32(31)28-42(40)48/h1-29H. The Balaban J connectivity index is 1.12. The van der Waals surface area contributed by atoms with Crippen LogP contribution in [0.15, 0.2) is 180 Å². The third-order valence-electron chi connectivity index (χ3n) is 9.59. The first-order chi connectivity index (χ1) is 24.3. The fourth-order valence-corrected chi connectivity index (χ4v) is 7.36. The van der Waals surface area contributed by atoms with Crippen LogP contribution in [0.2, 0.25) is 0 Å². The minimum absolute atomic E-state index is 0.799. The number of fused-ring (bicyclic) bond motifs is 7. The second-order valence-corrected chi connectivity index (χ2v) is 12.4. The molecular weight excluding hydrogens is 599 g/mol. The van der Waals surface area contributed by atoms with Crippen LogP contribution in [0.3, 0.4) is 0 Å². The highest BCUT2D eigenvalue weighted by atomic mass is 16.3. The zero-order valence-electron chi connectivity index (χ0n) is 26.5. The molecule has 3 aromatic heterocycles. The van der Waals surface area contributed by atoms with Crippen LogP contribution >= 0.6 is 0 Å². The molecule has 230 valence electrons. The van der Waals surface area contributed by atoms with Crippen LogP contribution in [0, 0.1) is 0 Å². The Morgan fingerprint density at radius 3 is 2.08 bits per heavy atom. The van der Waals surface area contributed by atoms with Crippen LogP contribution in [-0.2, 0) is 0 Å². The third-order valence-corrected chi connectivity index (χ3v) is 9.59. The highest BCUT2D eigenvalue weighted by molar-refractivity contribution is 6.13. The lowest BCUT2D eigenvalue weighted by Crippen LogP contribution is -2.10. The molecule has 0 amide bonds. The molecule has 0 N–H and O–H groups in total. The van der Waals surface area contributed by atoms with Gasteiger partial charge in [0.15, 0.2) is 5.58 Å². The Labute approximate surface area is 282 Å². The average Bonchev–Trinajstić information content (AvgIpc) is 3.70. The van der Waals surface area contributed by atoms with Gasteiger partial charge in [-0.05, 0) is 95.2 Å². The maximum atomic E-state index is 6.31. The summed E-state index contributed by atoms with van der Waals surface area (Å²) >= 11 is 0. The summed E-state index contributed by atoms with van der Waals surface area (Å²) < 4.78 is 8.71. The van der Waals surface area contributed by atoms with Crippen molar-refractivity contribution >= 4 is 71.7 Å². The Morgan fingerprint density at radius 2 is 1.20 bits per heavy atom. The van der Waals surface area contributed by atoms with Crippen molar-refractivity contribution < 1.29 is 4.42 Å². The van der Waals surface area contributed by atoms with E-state index in [0.29, 0.717) is 0 Å². The molecule has 7 aromatic carbocycles. The van der Waals surface area contributed by atoms with Gasteiger partial charge in [-0.2, -0.15) is 0 Å². The Bertz CT molecular complexity index is 2830. The van der Waals surface area contributed by atoms with Crippen molar-refractivity contribution in [1.29, 1.82) is 0 Å². The van der Waals surface area contributed by atoms with Gasteiger partial charge in [-0.15, -0.1) is 0 Å². The van der Waals surface area contributed by atoms with E-state index in [-0.39, 0.29) is 0 Å². The van der Waals surface area contributed by atoms with E-state index in [4.69, 9.17) is 4.42 Å². The largest absolute Gasteiger partial charge is 0.454 e. The molecule has 0 aliphatic rings. The molecule has 10 rings (SSSR count). The van der Waals surface area contributed by atoms with Crippen LogP contribution in [-0.4, -0.2) is 9.55 Å². The maximum absolute atomic E-state index is 6.31. The van der Waals surface area contributed by atoms with E-state index in [2.05, 4.69) is 172 Å². The summed E-state index contributed by atoms with van der Waals surface area (Å²) in [6, 6.07) is 60.3. The van der Waals surface area contributed by atoms with Gasteiger partial charge in [-0.1, -0.05) is 91.0 Å². The Kier molecular flexibility index (Phi) is 6.15. The SMILES string of the molecule is c1ccc(N(c2ccc(-c3cccc4c3oc3cccnc34)cc2)c2cccc(-n3c4ccccc4c4cc5ccccc5cc43)c2)cc1. The summed E-state index contributed by atoms with van der Waals surface area (Å²) in [4.78, 5) is 6.90. The monoisotopic (exact) mass is 627 g/mol. The fourth-order valence-electron chi connectivity index (χ4n) is 7.36. The van der Waals surface area contributed by atoms with Gasteiger partial charge in [0.1, 0.15) is 11.1 Å². The number of aromatic nitrogens is 2. The van der Waals surface area contributed by atoms with Gasteiger partial charge in [-0.25, -0.2) is 0 Å². The number of furan rings is 1. The summed E-state index contributed by atoms with van der Waals surface area (Å²) in [7, 11) is 0. The molecule has 4 nitrogen and oxygen atoms in total. The van der Waals surface area contributed by atoms with E-state index >= 15 is 0 Å². The predicted octanol–water partition coefficient (Wildman–Crippen LogP) is 12.4. The van der Waals surface area contributed by atoms with Crippen molar-refractivity contribution in [2.75, 3.05) is 4.90 Å². The zero-order valence-corrected chi connectivity index (χ0v) is 26.5. The molecule has 0 aliphatic carbocycles. The van der Waals surface area contributed by atoms with Gasteiger partial charge >= 0.3 is 0 Å². The van der Waals surface area contributed by atoms with E-state index in [0.717, 1.165) is 55.9 Å². The molecule has 0 bridgehead atoms. The molecule has 0 spiro atoms. The van der Waals surface area contributed by atoms with Crippen LogP contribution in [0.4, 0.5) is 17.1 Å². The topological polar surface area (TPSA) is 34.2 Å². The lowest BCUT2D eigenvalue weighted by molar-refractivity contribution is 0.669. The first-order valence-corrected chi connectivity index (χ1v) is 16.5. The number of nitrogens with zero attached hydrogens (tertiary/aromatic N) is 3. The highest BCUT2D eigenvalue weighted by Crippen LogP contribution is 2.40. The predicted molar refractivity (Wildman–Crippen MR) is 203 cm³/mol. The smallest absolute Gasteiger partial charge is 0.153 e. The molecule has 0 unspecified atom stereocenters. The first-order valence-electron chi connectivity index (χ1n) is 16.5. The van der Waals surface area contributed by atoms with Gasteiger partial charge in [0.25, 0.3) is 0 Å². The molecular formula is C45H29N3O. The maximum Gasteiger partial charge on any atom is 0.153 e. The number of hydrogen-bond donors (Lipinski definition) is 0. The first kappa shape index (κ1) is 27.5. The van der Waals surface area contributed by atoms with E-state index < -0.39 is 0 Å². The molecule has 0 saturated heterocycles. The van der Waals surface area contributed by atoms with Crippen molar-refractivity contribution in [3.8, 4) is 16.8 Å². The van der Waals surface area contributed by atoms with Crippen LogP contribution < -0.4 is 4.90 Å². The molecule has 49 heavy (non-hydrogen) atoms. The third kappa shape index (κ3) is 4.42. The lowest BCUT2D eigenvalue weighted by atomic mass is 10.0. The summed E-state index contributed by atoms with van der Waals surface area (Å²) in [6.45, 7) is 0. The van der Waals surface area contributed by atoms with Crippen LogP contribution in [0.1, 0.15) is 0 Å². The lowest BCUT2D eigenvalue weighted by Gasteiger charge is -2.26. The Hall–Kier alpha value is -6.65.